The van der Waals surface area contributed by atoms with Gasteiger partial charge in [0.1, 0.15) is 15.9 Å². The number of thiazole rings is 1. The van der Waals surface area contributed by atoms with Crippen LogP contribution in [0.15, 0.2) is 42.5 Å². The van der Waals surface area contributed by atoms with Crippen molar-refractivity contribution in [1.82, 2.24) is 15.3 Å². The molecule has 0 atom stereocenters. The van der Waals surface area contributed by atoms with Crippen LogP contribution in [0.5, 0.6) is 0 Å². The average Bonchev–Trinajstić information content (AvgIpc) is 2.87. The van der Waals surface area contributed by atoms with E-state index in [1.54, 1.807) is 29.5 Å². The smallest absolute Gasteiger partial charge is 0.270 e. The predicted octanol–water partition coefficient (Wildman–Crippen LogP) is 3.27. The van der Waals surface area contributed by atoms with Crippen LogP contribution in [0.2, 0.25) is 5.15 Å². The predicted molar refractivity (Wildman–Crippen MR) is 80.0 cm³/mol. The molecule has 0 aliphatic rings. The number of hydrogen-bond acceptors (Lipinski definition) is 4. The van der Waals surface area contributed by atoms with Gasteiger partial charge in [-0.15, -0.1) is 11.3 Å². The second-order valence-electron chi connectivity index (χ2n) is 4.10. The first-order valence-electron chi connectivity index (χ1n) is 5.97. The molecule has 0 unspecified atom stereocenters. The Balaban J connectivity index is 1.71. The maximum Gasteiger partial charge on any atom is 0.270 e. The molecular formula is C14H10ClN3OS. The third kappa shape index (κ3) is 2.79. The molecule has 0 saturated heterocycles. The number of aromatic nitrogens is 2. The Morgan fingerprint density at radius 3 is 2.80 bits per heavy atom. The summed E-state index contributed by atoms with van der Waals surface area (Å²) in [7, 11) is 0. The van der Waals surface area contributed by atoms with Crippen LogP contribution >= 0.6 is 22.9 Å². The van der Waals surface area contributed by atoms with Crippen LogP contribution in [0, 0.1) is 0 Å². The number of benzene rings is 1. The molecule has 1 N–H and O–H groups in total. The van der Waals surface area contributed by atoms with Crippen LogP contribution in [0.3, 0.4) is 0 Å². The highest BCUT2D eigenvalue weighted by molar-refractivity contribution is 7.18. The lowest BCUT2D eigenvalue weighted by Crippen LogP contribution is -2.23. The Labute approximate surface area is 124 Å². The van der Waals surface area contributed by atoms with Gasteiger partial charge in [0.25, 0.3) is 5.91 Å². The molecule has 0 saturated carbocycles. The van der Waals surface area contributed by atoms with Gasteiger partial charge in [-0.25, -0.2) is 9.97 Å². The molecule has 6 heteroatoms. The van der Waals surface area contributed by atoms with Crippen molar-refractivity contribution < 1.29 is 4.79 Å². The van der Waals surface area contributed by atoms with Gasteiger partial charge in [-0.05, 0) is 24.3 Å². The maximum atomic E-state index is 11.9. The van der Waals surface area contributed by atoms with Crippen molar-refractivity contribution in [2.24, 2.45) is 0 Å². The molecule has 1 amide bonds. The highest BCUT2D eigenvalue weighted by Crippen LogP contribution is 2.21. The molecule has 0 bridgehead atoms. The van der Waals surface area contributed by atoms with Gasteiger partial charge in [0, 0.05) is 0 Å². The summed E-state index contributed by atoms with van der Waals surface area (Å²) in [4.78, 5) is 20.3. The standard InChI is InChI=1S/C14H10ClN3OS/c15-12-7-3-5-10(17-12)14(19)16-8-13-18-9-4-1-2-6-11(9)20-13/h1-7H,8H2,(H,16,19). The van der Waals surface area contributed by atoms with E-state index in [1.807, 2.05) is 24.3 Å². The zero-order valence-corrected chi connectivity index (χ0v) is 11.9. The van der Waals surface area contributed by atoms with E-state index in [-0.39, 0.29) is 5.91 Å². The maximum absolute atomic E-state index is 11.9. The molecule has 0 aliphatic carbocycles. The minimum Gasteiger partial charge on any atom is -0.344 e. The third-order valence-electron chi connectivity index (χ3n) is 2.69. The number of rotatable bonds is 3. The van der Waals surface area contributed by atoms with Crippen LogP contribution in [0.4, 0.5) is 0 Å². The van der Waals surface area contributed by atoms with Crippen molar-refractivity contribution in [3.63, 3.8) is 0 Å². The number of amides is 1. The van der Waals surface area contributed by atoms with Crippen molar-refractivity contribution in [1.29, 1.82) is 0 Å². The molecule has 0 aliphatic heterocycles. The number of pyridine rings is 1. The molecule has 0 radical (unpaired) electrons. The summed E-state index contributed by atoms with van der Waals surface area (Å²) < 4.78 is 1.11. The normalized spacial score (nSPS) is 10.7. The average molecular weight is 304 g/mol. The Morgan fingerprint density at radius 2 is 2.00 bits per heavy atom. The van der Waals surface area contributed by atoms with Gasteiger partial charge in [0.15, 0.2) is 0 Å². The van der Waals surface area contributed by atoms with Crippen LogP contribution in [0.25, 0.3) is 10.2 Å². The van der Waals surface area contributed by atoms with E-state index >= 15 is 0 Å². The number of nitrogens with zero attached hydrogens (tertiary/aromatic N) is 2. The van der Waals surface area contributed by atoms with Crippen molar-refractivity contribution in [3.05, 3.63) is 58.3 Å². The molecule has 100 valence electrons. The van der Waals surface area contributed by atoms with E-state index < -0.39 is 0 Å². The lowest BCUT2D eigenvalue weighted by molar-refractivity contribution is 0.0946. The van der Waals surface area contributed by atoms with E-state index in [9.17, 15) is 4.79 Å². The SMILES string of the molecule is O=C(NCc1nc2ccccc2s1)c1cccc(Cl)n1. The fourth-order valence-corrected chi connectivity index (χ4v) is 2.85. The Bertz CT molecular complexity index is 739. The number of carbonyl (C=O) groups excluding carboxylic acids is 1. The third-order valence-corrected chi connectivity index (χ3v) is 3.93. The first kappa shape index (κ1) is 13.0. The van der Waals surface area contributed by atoms with Gasteiger partial charge in [-0.1, -0.05) is 29.8 Å². The largest absolute Gasteiger partial charge is 0.344 e. The summed E-state index contributed by atoms with van der Waals surface area (Å²) in [6.45, 7) is 0.381. The molecule has 1 aromatic carbocycles. The monoisotopic (exact) mass is 303 g/mol. The number of halogens is 1. The number of fused-ring (bicyclic) bond motifs is 1. The zero-order chi connectivity index (χ0) is 13.9. The minimum absolute atomic E-state index is 0.258. The van der Waals surface area contributed by atoms with E-state index in [0.29, 0.717) is 17.4 Å². The summed E-state index contributed by atoms with van der Waals surface area (Å²) in [5.41, 5.74) is 1.25. The molecular weight excluding hydrogens is 294 g/mol. The van der Waals surface area contributed by atoms with Crippen molar-refractivity contribution in [2.75, 3.05) is 0 Å². The summed E-state index contributed by atoms with van der Waals surface area (Å²) >= 11 is 7.32. The van der Waals surface area contributed by atoms with Crippen molar-refractivity contribution in [2.45, 2.75) is 6.54 Å². The lowest BCUT2D eigenvalue weighted by Gasteiger charge is -2.02. The van der Waals surface area contributed by atoms with Gasteiger partial charge < -0.3 is 5.32 Å². The minimum atomic E-state index is -0.258. The molecule has 0 fully saturated rings. The summed E-state index contributed by atoms with van der Waals surface area (Å²) in [5.74, 6) is -0.258. The zero-order valence-electron chi connectivity index (χ0n) is 10.3. The molecule has 4 nitrogen and oxygen atoms in total. The molecule has 20 heavy (non-hydrogen) atoms. The number of carbonyl (C=O) groups is 1. The van der Waals surface area contributed by atoms with Crippen molar-refractivity contribution >= 4 is 39.1 Å². The molecule has 3 aromatic rings. The first-order chi connectivity index (χ1) is 9.72. The van der Waals surface area contributed by atoms with Crippen LogP contribution in [-0.4, -0.2) is 15.9 Å². The van der Waals surface area contributed by atoms with Gasteiger partial charge in [-0.2, -0.15) is 0 Å². The number of para-hydroxylation sites is 1. The number of hydrogen-bond donors (Lipinski definition) is 1. The summed E-state index contributed by atoms with van der Waals surface area (Å²) in [6, 6.07) is 12.8. The fourth-order valence-electron chi connectivity index (χ4n) is 1.78. The van der Waals surface area contributed by atoms with E-state index in [0.717, 1.165) is 15.2 Å². The topological polar surface area (TPSA) is 54.9 Å². The second-order valence-corrected chi connectivity index (χ2v) is 5.61. The van der Waals surface area contributed by atoms with Gasteiger partial charge >= 0.3 is 0 Å². The number of nitrogens with one attached hydrogen (secondary N) is 1. The van der Waals surface area contributed by atoms with Crippen LogP contribution in [0.1, 0.15) is 15.5 Å². The molecule has 0 spiro atoms. The highest BCUT2D eigenvalue weighted by Gasteiger charge is 2.09. The molecule has 2 aromatic heterocycles. The Hall–Kier alpha value is -1.98. The van der Waals surface area contributed by atoms with Gasteiger partial charge in [0.2, 0.25) is 0 Å². The summed E-state index contributed by atoms with van der Waals surface area (Å²) in [5, 5.41) is 3.96. The Kier molecular flexibility index (Phi) is 3.62. The second kappa shape index (κ2) is 5.56. The molecule has 2 heterocycles. The quantitative estimate of drug-likeness (QED) is 0.756. The van der Waals surface area contributed by atoms with Crippen LogP contribution in [-0.2, 0) is 6.54 Å². The van der Waals surface area contributed by atoms with Crippen LogP contribution < -0.4 is 5.32 Å². The van der Waals surface area contributed by atoms with E-state index in [1.165, 1.54) is 0 Å². The molecule has 3 rings (SSSR count). The van der Waals surface area contributed by atoms with E-state index in [4.69, 9.17) is 11.6 Å². The lowest BCUT2D eigenvalue weighted by atomic mass is 10.3. The fraction of sp³-hybridized carbons (Fsp3) is 0.0714. The first-order valence-corrected chi connectivity index (χ1v) is 7.17. The highest BCUT2D eigenvalue weighted by atomic mass is 35.5. The van der Waals surface area contributed by atoms with Gasteiger partial charge in [-0.3, -0.25) is 4.79 Å². The Morgan fingerprint density at radius 1 is 1.15 bits per heavy atom. The summed E-state index contributed by atoms with van der Waals surface area (Å²) in [6.07, 6.45) is 0. The van der Waals surface area contributed by atoms with E-state index in [2.05, 4.69) is 15.3 Å². The van der Waals surface area contributed by atoms with Crippen molar-refractivity contribution in [3.8, 4) is 0 Å². The van der Waals surface area contributed by atoms with Gasteiger partial charge in [0.05, 0.1) is 16.8 Å².